The van der Waals surface area contributed by atoms with E-state index in [0.29, 0.717) is 17.4 Å². The second-order valence-corrected chi connectivity index (χ2v) is 27.7. The average Bonchev–Trinajstić information content (AvgIpc) is 3.49. The molecular weight excluding hydrogens is 1070 g/mol. The number of phosphoric acid groups is 1. The second-order valence-electron chi connectivity index (χ2n) is 26.3. The molecule has 498 valence electrons. The molecule has 0 aromatic rings. The summed E-state index contributed by atoms with van der Waals surface area (Å²) in [5.41, 5.74) is 0. The average molecular weight is 1210 g/mol. The normalized spacial score (nSPS) is 14.0. The smallest absolute Gasteiger partial charge is 0.268 e. The molecular formula is C76H143N2O6P. The number of quaternary nitrogens is 1. The number of carbonyl (C=O) groups excluding carboxylic acids is 1. The van der Waals surface area contributed by atoms with E-state index in [1.54, 1.807) is 6.08 Å². The van der Waals surface area contributed by atoms with E-state index >= 15 is 0 Å². The molecule has 85 heavy (non-hydrogen) atoms. The molecule has 8 nitrogen and oxygen atoms in total. The lowest BCUT2D eigenvalue weighted by Crippen LogP contribution is -2.45. The van der Waals surface area contributed by atoms with Gasteiger partial charge in [-0.3, -0.25) is 9.36 Å². The Labute approximate surface area is 529 Å². The summed E-state index contributed by atoms with van der Waals surface area (Å²) in [7, 11) is 1.24. The highest BCUT2D eigenvalue weighted by atomic mass is 31.2. The Morgan fingerprint density at radius 2 is 0.694 bits per heavy atom. The fourth-order valence-electron chi connectivity index (χ4n) is 10.9. The van der Waals surface area contributed by atoms with E-state index < -0.39 is 26.6 Å². The van der Waals surface area contributed by atoms with Crippen LogP contribution in [0.1, 0.15) is 354 Å². The number of allylic oxidation sites excluding steroid dienone is 11. The number of hydrogen-bond donors (Lipinski definition) is 2. The third-order valence-corrected chi connectivity index (χ3v) is 17.6. The number of rotatable bonds is 68. The molecule has 0 bridgehead atoms. The van der Waals surface area contributed by atoms with Crippen LogP contribution in [0.5, 0.6) is 0 Å². The molecule has 0 saturated carbocycles. The molecule has 0 heterocycles. The number of hydrogen-bond acceptors (Lipinski definition) is 6. The van der Waals surface area contributed by atoms with E-state index in [9.17, 15) is 19.4 Å². The van der Waals surface area contributed by atoms with Gasteiger partial charge in [0.05, 0.1) is 39.9 Å². The summed E-state index contributed by atoms with van der Waals surface area (Å²) in [4.78, 5) is 25.6. The molecule has 0 rings (SSSR count). The monoisotopic (exact) mass is 1210 g/mol. The molecule has 0 radical (unpaired) electrons. The largest absolute Gasteiger partial charge is 0.756 e. The van der Waals surface area contributed by atoms with Crippen molar-refractivity contribution < 1.29 is 32.9 Å². The maximum atomic E-state index is 13.0. The summed E-state index contributed by atoms with van der Waals surface area (Å²) >= 11 is 0. The van der Waals surface area contributed by atoms with Gasteiger partial charge in [0.2, 0.25) is 5.91 Å². The minimum absolute atomic E-state index is 0.00930. The lowest BCUT2D eigenvalue weighted by Gasteiger charge is -2.29. The summed E-state index contributed by atoms with van der Waals surface area (Å²) in [5.74, 6) is -0.206. The van der Waals surface area contributed by atoms with E-state index in [1.165, 1.54) is 276 Å². The molecule has 0 spiro atoms. The third kappa shape index (κ3) is 69.3. The SMILES string of the molecule is CCCCCCC/C=C\C/C=C\C/C=C\CCCCCCCCCCCCCCCCCCCCCCCCC(=O)NC(COP(=O)([O-])OCC[N+](C)(C)C)C(O)/C=C/CC/C=C/CC/C=C/CCCCCCCCCCCCCCCCCC. The molecule has 2 N–H and O–H groups in total. The van der Waals surface area contributed by atoms with Gasteiger partial charge in [-0.15, -0.1) is 0 Å². The van der Waals surface area contributed by atoms with E-state index in [-0.39, 0.29) is 12.5 Å². The zero-order valence-corrected chi connectivity index (χ0v) is 58.0. The summed E-state index contributed by atoms with van der Waals surface area (Å²) in [5, 5.41) is 13.9. The van der Waals surface area contributed by atoms with Crippen LogP contribution in [0, 0.1) is 0 Å². The fourth-order valence-corrected chi connectivity index (χ4v) is 11.6. The van der Waals surface area contributed by atoms with Gasteiger partial charge in [-0.2, -0.15) is 0 Å². The number of aliphatic hydroxyl groups is 1. The summed E-state index contributed by atoms with van der Waals surface area (Å²) in [6, 6.07) is -0.913. The number of phosphoric ester groups is 1. The van der Waals surface area contributed by atoms with Crippen molar-refractivity contribution in [3.8, 4) is 0 Å². The van der Waals surface area contributed by atoms with Crippen molar-refractivity contribution in [2.24, 2.45) is 0 Å². The summed E-state index contributed by atoms with van der Waals surface area (Å²) in [6.07, 6.45) is 93.3. The highest BCUT2D eigenvalue weighted by molar-refractivity contribution is 7.45. The number of aliphatic hydroxyl groups excluding tert-OH is 1. The lowest BCUT2D eigenvalue weighted by atomic mass is 10.0. The molecule has 3 atom stereocenters. The zero-order chi connectivity index (χ0) is 61.9. The van der Waals surface area contributed by atoms with Crippen LogP contribution < -0.4 is 10.2 Å². The van der Waals surface area contributed by atoms with Gasteiger partial charge < -0.3 is 28.8 Å². The predicted octanol–water partition coefficient (Wildman–Crippen LogP) is 23.1. The Hall–Kier alpha value is -2.06. The highest BCUT2D eigenvalue weighted by Crippen LogP contribution is 2.38. The molecule has 0 fully saturated rings. The lowest BCUT2D eigenvalue weighted by molar-refractivity contribution is -0.870. The number of likely N-dealkylation sites (N-methyl/N-ethyl adjacent to an activating group) is 1. The molecule has 3 unspecified atom stereocenters. The first kappa shape index (κ1) is 82.9. The molecule has 0 aliphatic heterocycles. The number of nitrogens with one attached hydrogen (secondary N) is 1. The quantitative estimate of drug-likeness (QED) is 0.0272. The molecule has 1 amide bonds. The Morgan fingerprint density at radius 3 is 1.04 bits per heavy atom. The van der Waals surface area contributed by atoms with Crippen molar-refractivity contribution in [3.05, 3.63) is 72.9 Å². The van der Waals surface area contributed by atoms with E-state index in [2.05, 4.69) is 79.9 Å². The molecule has 0 saturated heterocycles. The highest BCUT2D eigenvalue weighted by Gasteiger charge is 2.23. The molecule has 0 aromatic heterocycles. The topological polar surface area (TPSA) is 108 Å². The first-order valence-electron chi connectivity index (χ1n) is 36.8. The van der Waals surface area contributed by atoms with Gasteiger partial charge in [0.1, 0.15) is 13.2 Å². The van der Waals surface area contributed by atoms with Gasteiger partial charge in [-0.1, -0.05) is 337 Å². The molecule has 0 aliphatic carbocycles. The first-order valence-corrected chi connectivity index (χ1v) is 38.3. The van der Waals surface area contributed by atoms with Gasteiger partial charge in [-0.05, 0) is 83.5 Å². The second kappa shape index (κ2) is 66.4. The van der Waals surface area contributed by atoms with Gasteiger partial charge >= 0.3 is 0 Å². The molecule has 9 heteroatoms. The van der Waals surface area contributed by atoms with Crippen LogP contribution in [0.3, 0.4) is 0 Å². The Kier molecular flexibility index (Phi) is 64.8. The number of nitrogens with zero attached hydrogens (tertiary/aromatic N) is 1. The van der Waals surface area contributed by atoms with Gasteiger partial charge in [-0.25, -0.2) is 0 Å². The maximum absolute atomic E-state index is 13.0. The van der Waals surface area contributed by atoms with Crippen molar-refractivity contribution >= 4 is 13.7 Å². The fraction of sp³-hybridized carbons (Fsp3) is 0.829. The van der Waals surface area contributed by atoms with E-state index in [0.717, 1.165) is 57.8 Å². The Bertz CT molecular complexity index is 1620. The van der Waals surface area contributed by atoms with Crippen LogP contribution in [0.4, 0.5) is 0 Å². The van der Waals surface area contributed by atoms with Crippen molar-refractivity contribution in [2.75, 3.05) is 40.9 Å². The van der Waals surface area contributed by atoms with Crippen LogP contribution in [0.15, 0.2) is 72.9 Å². The van der Waals surface area contributed by atoms with Gasteiger partial charge in [0, 0.05) is 6.42 Å². The molecule has 0 aliphatic rings. The molecule has 0 aromatic carbocycles. The standard InChI is InChI=1S/C76H143N2O6P/c1-6-8-10-12-14-16-18-20-22-24-26-28-30-32-34-35-36-37-38-39-40-41-42-43-44-46-48-50-52-54-56-58-60-62-64-66-68-70-76(80)77-74(73-84-85(81,82)83-72-71-78(3,4)5)75(79)69-67-65-63-61-59-57-55-53-51-49-47-45-33-31-29-27-25-23-21-19-17-15-13-11-9-7-2/h18,20,24,26,30,32,51,53,59,61,67,69,74-75,79H,6-17,19,21-23,25,27-29,31,33-50,52,54-58,60,62-66,68,70-73H2,1-5H3,(H-,77,80,81,82)/b20-18-,26-24-,32-30-,53-51+,61-59+,69-67+. The number of carbonyl (C=O) groups is 1. The van der Waals surface area contributed by atoms with Gasteiger partial charge in [0.25, 0.3) is 7.82 Å². The van der Waals surface area contributed by atoms with Crippen molar-refractivity contribution in [1.82, 2.24) is 5.32 Å². The minimum Gasteiger partial charge on any atom is -0.756 e. The summed E-state index contributed by atoms with van der Waals surface area (Å²) < 4.78 is 23.4. The van der Waals surface area contributed by atoms with E-state index in [4.69, 9.17) is 9.05 Å². The van der Waals surface area contributed by atoms with Crippen LogP contribution in [0.2, 0.25) is 0 Å². The predicted molar refractivity (Wildman–Crippen MR) is 371 cm³/mol. The van der Waals surface area contributed by atoms with Gasteiger partial charge in [0.15, 0.2) is 0 Å². The third-order valence-electron chi connectivity index (χ3n) is 16.6. The summed E-state index contributed by atoms with van der Waals surface area (Å²) in [6.45, 7) is 4.65. The zero-order valence-electron chi connectivity index (χ0n) is 57.1. The van der Waals surface area contributed by atoms with Crippen molar-refractivity contribution in [1.29, 1.82) is 0 Å². The van der Waals surface area contributed by atoms with Crippen molar-refractivity contribution in [2.45, 2.75) is 366 Å². The Balaban J connectivity index is 4.04. The maximum Gasteiger partial charge on any atom is 0.268 e. The number of amides is 1. The minimum atomic E-state index is -4.62. The van der Waals surface area contributed by atoms with Crippen LogP contribution in [-0.4, -0.2) is 68.5 Å². The van der Waals surface area contributed by atoms with E-state index in [1.807, 2.05) is 27.2 Å². The van der Waals surface area contributed by atoms with Crippen LogP contribution in [-0.2, 0) is 18.4 Å². The van der Waals surface area contributed by atoms with Crippen LogP contribution >= 0.6 is 7.82 Å². The van der Waals surface area contributed by atoms with Crippen molar-refractivity contribution in [3.63, 3.8) is 0 Å². The number of unbranched alkanes of at least 4 members (excludes halogenated alkanes) is 45. The first-order chi connectivity index (χ1) is 41.5. The Morgan fingerprint density at radius 1 is 0.412 bits per heavy atom. The van der Waals surface area contributed by atoms with Crippen LogP contribution in [0.25, 0.3) is 0 Å².